The largest absolute Gasteiger partial charge is 0.396 e. The molecule has 1 aromatic rings. The molecule has 88 valence electrons. The van der Waals surface area contributed by atoms with Gasteiger partial charge in [0.15, 0.2) is 0 Å². The van der Waals surface area contributed by atoms with Gasteiger partial charge in [0.25, 0.3) is 5.91 Å². The molecule has 16 heavy (non-hydrogen) atoms. The first kappa shape index (κ1) is 13.1. The Kier molecular flexibility index (Phi) is 5.42. The second-order valence-electron chi connectivity index (χ2n) is 3.46. The lowest BCUT2D eigenvalue weighted by atomic mass is 10.1. The van der Waals surface area contributed by atoms with Crippen molar-refractivity contribution < 1.29 is 9.90 Å². The molecule has 0 saturated heterocycles. The Morgan fingerprint density at radius 3 is 2.88 bits per heavy atom. The summed E-state index contributed by atoms with van der Waals surface area (Å²) >= 11 is 3.21. The lowest BCUT2D eigenvalue weighted by Crippen LogP contribution is -2.35. The number of nitrogens with one attached hydrogen (secondary N) is 1. The van der Waals surface area contributed by atoms with E-state index in [1.165, 1.54) is 6.20 Å². The Labute approximate surface area is 103 Å². The summed E-state index contributed by atoms with van der Waals surface area (Å²) in [4.78, 5) is 15.7. The van der Waals surface area contributed by atoms with Crippen LogP contribution in [0.2, 0.25) is 0 Å². The number of aliphatic hydroxyl groups excluding tert-OH is 1. The normalized spacial score (nSPS) is 12.2. The Morgan fingerprint density at radius 2 is 2.38 bits per heavy atom. The molecule has 1 heterocycles. The molecule has 0 spiro atoms. The fourth-order valence-electron chi connectivity index (χ4n) is 1.31. The van der Waals surface area contributed by atoms with E-state index in [9.17, 15) is 4.79 Å². The zero-order valence-corrected chi connectivity index (χ0v) is 10.7. The Balaban J connectivity index is 2.60. The zero-order valence-electron chi connectivity index (χ0n) is 9.11. The standard InChI is InChI=1S/C11H15BrN2O2/c1-2-9(5-6-15)14-11(16)8-3-4-10(12)13-7-8/h3-4,7,9,15H,2,5-6H2,1H3,(H,14,16). The number of carbonyl (C=O) groups is 1. The van der Waals surface area contributed by atoms with Gasteiger partial charge in [0.2, 0.25) is 0 Å². The molecule has 0 radical (unpaired) electrons. The van der Waals surface area contributed by atoms with E-state index in [4.69, 9.17) is 5.11 Å². The molecular formula is C11H15BrN2O2. The Morgan fingerprint density at radius 1 is 1.62 bits per heavy atom. The second kappa shape index (κ2) is 6.60. The number of aromatic nitrogens is 1. The van der Waals surface area contributed by atoms with Gasteiger partial charge in [-0.25, -0.2) is 4.98 Å². The first-order chi connectivity index (χ1) is 7.67. The van der Waals surface area contributed by atoms with Crippen molar-refractivity contribution in [1.29, 1.82) is 0 Å². The summed E-state index contributed by atoms with van der Waals surface area (Å²) in [5.74, 6) is -0.152. The molecule has 0 aliphatic heterocycles. The van der Waals surface area contributed by atoms with E-state index >= 15 is 0 Å². The average molecular weight is 287 g/mol. The van der Waals surface area contributed by atoms with Gasteiger partial charge in [0, 0.05) is 18.8 Å². The van der Waals surface area contributed by atoms with Crippen molar-refractivity contribution in [3.05, 3.63) is 28.5 Å². The van der Waals surface area contributed by atoms with Crippen molar-refractivity contribution in [2.45, 2.75) is 25.8 Å². The Hall–Kier alpha value is -0.940. The summed E-state index contributed by atoms with van der Waals surface area (Å²) in [5.41, 5.74) is 0.527. The van der Waals surface area contributed by atoms with Crippen molar-refractivity contribution in [1.82, 2.24) is 10.3 Å². The number of carbonyl (C=O) groups excluding carboxylic acids is 1. The van der Waals surface area contributed by atoms with Crippen LogP contribution < -0.4 is 5.32 Å². The van der Waals surface area contributed by atoms with E-state index in [0.29, 0.717) is 16.6 Å². The number of halogens is 1. The molecular weight excluding hydrogens is 272 g/mol. The van der Waals surface area contributed by atoms with Crippen LogP contribution in [0.3, 0.4) is 0 Å². The number of amides is 1. The predicted octanol–water partition coefficient (Wildman–Crippen LogP) is 1.73. The molecule has 0 aliphatic carbocycles. The maximum atomic E-state index is 11.8. The molecule has 0 aliphatic rings. The summed E-state index contributed by atoms with van der Waals surface area (Å²) in [5, 5.41) is 11.7. The molecule has 0 bridgehead atoms. The average Bonchev–Trinajstić information content (AvgIpc) is 2.29. The lowest BCUT2D eigenvalue weighted by Gasteiger charge is -2.15. The van der Waals surface area contributed by atoms with E-state index < -0.39 is 0 Å². The predicted molar refractivity (Wildman–Crippen MR) is 65.2 cm³/mol. The summed E-state index contributed by atoms with van der Waals surface area (Å²) in [7, 11) is 0. The van der Waals surface area contributed by atoms with Gasteiger partial charge in [0.1, 0.15) is 4.60 Å². The van der Waals surface area contributed by atoms with Crippen LogP contribution in [0, 0.1) is 0 Å². The van der Waals surface area contributed by atoms with Gasteiger partial charge in [-0.1, -0.05) is 6.92 Å². The summed E-state index contributed by atoms with van der Waals surface area (Å²) < 4.78 is 0.700. The highest BCUT2D eigenvalue weighted by molar-refractivity contribution is 9.10. The maximum absolute atomic E-state index is 11.8. The van der Waals surface area contributed by atoms with Crippen LogP contribution in [-0.2, 0) is 0 Å². The van der Waals surface area contributed by atoms with Crippen LogP contribution in [-0.4, -0.2) is 28.6 Å². The fourth-order valence-corrected chi connectivity index (χ4v) is 1.55. The van der Waals surface area contributed by atoms with Crippen LogP contribution in [0.5, 0.6) is 0 Å². The van der Waals surface area contributed by atoms with Crippen LogP contribution in [0.4, 0.5) is 0 Å². The van der Waals surface area contributed by atoms with Crippen molar-refractivity contribution in [2.24, 2.45) is 0 Å². The van der Waals surface area contributed by atoms with Crippen molar-refractivity contribution in [3.63, 3.8) is 0 Å². The minimum absolute atomic E-state index is 0.0150. The van der Waals surface area contributed by atoms with Gasteiger partial charge in [0.05, 0.1) is 5.56 Å². The van der Waals surface area contributed by atoms with Crippen LogP contribution in [0.15, 0.2) is 22.9 Å². The summed E-state index contributed by atoms with van der Waals surface area (Å²) in [6, 6.07) is 3.45. The molecule has 1 atom stereocenters. The molecule has 4 nitrogen and oxygen atoms in total. The van der Waals surface area contributed by atoms with Gasteiger partial charge in [-0.2, -0.15) is 0 Å². The van der Waals surface area contributed by atoms with Crippen molar-refractivity contribution in [3.8, 4) is 0 Å². The number of rotatable bonds is 5. The van der Waals surface area contributed by atoms with Gasteiger partial charge < -0.3 is 10.4 Å². The fraction of sp³-hybridized carbons (Fsp3) is 0.455. The number of hydrogen-bond acceptors (Lipinski definition) is 3. The monoisotopic (exact) mass is 286 g/mol. The van der Waals surface area contributed by atoms with Crippen LogP contribution in [0.1, 0.15) is 30.1 Å². The van der Waals surface area contributed by atoms with Gasteiger partial charge in [-0.05, 0) is 40.9 Å². The summed E-state index contributed by atoms with van der Waals surface area (Å²) in [6.45, 7) is 2.05. The molecule has 0 aromatic carbocycles. The molecule has 2 N–H and O–H groups in total. The van der Waals surface area contributed by atoms with E-state index in [-0.39, 0.29) is 18.6 Å². The van der Waals surface area contributed by atoms with E-state index in [1.54, 1.807) is 12.1 Å². The molecule has 0 fully saturated rings. The highest BCUT2D eigenvalue weighted by Gasteiger charge is 2.11. The van der Waals surface area contributed by atoms with Crippen LogP contribution in [0.25, 0.3) is 0 Å². The first-order valence-electron chi connectivity index (χ1n) is 5.20. The number of aliphatic hydroxyl groups is 1. The first-order valence-corrected chi connectivity index (χ1v) is 6.00. The maximum Gasteiger partial charge on any atom is 0.253 e. The zero-order chi connectivity index (χ0) is 12.0. The van der Waals surface area contributed by atoms with E-state index in [2.05, 4.69) is 26.2 Å². The van der Waals surface area contributed by atoms with E-state index in [0.717, 1.165) is 6.42 Å². The highest BCUT2D eigenvalue weighted by Crippen LogP contribution is 2.07. The van der Waals surface area contributed by atoms with Gasteiger partial charge >= 0.3 is 0 Å². The van der Waals surface area contributed by atoms with Crippen molar-refractivity contribution in [2.75, 3.05) is 6.61 Å². The van der Waals surface area contributed by atoms with E-state index in [1.807, 2.05) is 6.92 Å². The number of pyridine rings is 1. The second-order valence-corrected chi connectivity index (χ2v) is 4.27. The third-order valence-corrected chi connectivity index (χ3v) is 2.76. The minimum Gasteiger partial charge on any atom is -0.396 e. The molecule has 1 unspecified atom stereocenters. The molecule has 5 heteroatoms. The smallest absolute Gasteiger partial charge is 0.253 e. The SMILES string of the molecule is CCC(CCO)NC(=O)c1ccc(Br)nc1. The number of hydrogen-bond donors (Lipinski definition) is 2. The third kappa shape index (κ3) is 3.90. The van der Waals surface area contributed by atoms with Gasteiger partial charge in [-0.15, -0.1) is 0 Å². The highest BCUT2D eigenvalue weighted by atomic mass is 79.9. The van der Waals surface area contributed by atoms with Crippen molar-refractivity contribution >= 4 is 21.8 Å². The number of nitrogens with zero attached hydrogens (tertiary/aromatic N) is 1. The lowest BCUT2D eigenvalue weighted by molar-refractivity contribution is 0.0928. The Bertz CT molecular complexity index is 340. The molecule has 0 saturated carbocycles. The molecule has 1 aromatic heterocycles. The summed E-state index contributed by atoms with van der Waals surface area (Å²) in [6.07, 6.45) is 2.90. The topological polar surface area (TPSA) is 62.2 Å². The molecule has 1 rings (SSSR count). The third-order valence-electron chi connectivity index (χ3n) is 2.30. The quantitative estimate of drug-likeness (QED) is 0.811. The minimum atomic E-state index is -0.152. The van der Waals surface area contributed by atoms with Crippen LogP contribution >= 0.6 is 15.9 Å². The molecule has 1 amide bonds. The van der Waals surface area contributed by atoms with Gasteiger partial charge in [-0.3, -0.25) is 4.79 Å².